The molecule has 1 heterocycles. The van der Waals surface area contributed by atoms with Crippen molar-refractivity contribution in [1.29, 1.82) is 5.26 Å². The van der Waals surface area contributed by atoms with Crippen LogP contribution >= 0.6 is 0 Å². The highest BCUT2D eigenvalue weighted by Gasteiger charge is 2.22. The number of nitriles is 1. The number of amides is 1. The molecule has 1 aliphatic rings. The van der Waals surface area contributed by atoms with E-state index < -0.39 is 0 Å². The average molecular weight is 242 g/mol. The van der Waals surface area contributed by atoms with Gasteiger partial charge in [0.05, 0.1) is 0 Å². The molecule has 0 radical (unpaired) electrons. The standard InChI is InChI=1S/C13H12N2O.C2H6/c1-10-4-6-12(7-5-10)15-8-2-3-11(9-14)13(15)16;1-2/h3-7H,2,8H2,1H3;1-2H3. The van der Waals surface area contributed by atoms with Crippen LogP contribution in [0.15, 0.2) is 35.9 Å². The van der Waals surface area contributed by atoms with E-state index in [1.807, 2.05) is 51.1 Å². The maximum atomic E-state index is 11.9. The zero-order chi connectivity index (χ0) is 13.5. The predicted molar refractivity (Wildman–Crippen MR) is 73.2 cm³/mol. The Kier molecular flexibility index (Phi) is 5.13. The van der Waals surface area contributed by atoms with Gasteiger partial charge in [0.25, 0.3) is 5.91 Å². The van der Waals surface area contributed by atoms with Gasteiger partial charge in [0.2, 0.25) is 0 Å². The number of hydrogen-bond donors (Lipinski definition) is 0. The number of nitrogens with zero attached hydrogens (tertiary/aromatic N) is 2. The lowest BCUT2D eigenvalue weighted by Crippen LogP contribution is -2.35. The van der Waals surface area contributed by atoms with Crippen LogP contribution in [0, 0.1) is 18.3 Å². The van der Waals surface area contributed by atoms with E-state index in [9.17, 15) is 4.79 Å². The number of hydrogen-bond acceptors (Lipinski definition) is 2. The van der Waals surface area contributed by atoms with Crippen molar-refractivity contribution in [2.24, 2.45) is 0 Å². The maximum absolute atomic E-state index is 11.9. The minimum Gasteiger partial charge on any atom is -0.307 e. The fraction of sp³-hybridized carbons (Fsp3) is 0.333. The summed E-state index contributed by atoms with van der Waals surface area (Å²) in [6, 6.07) is 9.69. The van der Waals surface area contributed by atoms with Gasteiger partial charge in [-0.3, -0.25) is 4.79 Å². The second-order valence-corrected chi connectivity index (χ2v) is 3.81. The summed E-state index contributed by atoms with van der Waals surface area (Å²) in [5.41, 5.74) is 2.26. The molecule has 0 atom stereocenters. The lowest BCUT2D eigenvalue weighted by molar-refractivity contribution is -0.115. The van der Waals surface area contributed by atoms with Crippen LogP contribution in [-0.2, 0) is 4.79 Å². The van der Waals surface area contributed by atoms with Crippen molar-refractivity contribution in [1.82, 2.24) is 0 Å². The van der Waals surface area contributed by atoms with Crippen molar-refractivity contribution in [2.45, 2.75) is 27.2 Å². The Morgan fingerprint density at radius 2 is 1.83 bits per heavy atom. The Morgan fingerprint density at radius 3 is 2.39 bits per heavy atom. The molecule has 0 unspecified atom stereocenters. The molecule has 18 heavy (non-hydrogen) atoms. The summed E-state index contributed by atoms with van der Waals surface area (Å²) < 4.78 is 0. The van der Waals surface area contributed by atoms with Crippen molar-refractivity contribution < 1.29 is 4.79 Å². The zero-order valence-corrected chi connectivity index (χ0v) is 11.1. The summed E-state index contributed by atoms with van der Waals surface area (Å²) in [5, 5.41) is 8.80. The highest BCUT2D eigenvalue weighted by Crippen LogP contribution is 2.20. The smallest absolute Gasteiger partial charge is 0.268 e. The van der Waals surface area contributed by atoms with Crippen LogP contribution in [0.1, 0.15) is 25.8 Å². The number of benzene rings is 1. The van der Waals surface area contributed by atoms with Crippen LogP contribution in [-0.4, -0.2) is 12.5 Å². The third-order valence-corrected chi connectivity index (χ3v) is 2.64. The van der Waals surface area contributed by atoms with Gasteiger partial charge in [-0.15, -0.1) is 0 Å². The van der Waals surface area contributed by atoms with Gasteiger partial charge in [-0.05, 0) is 25.5 Å². The van der Waals surface area contributed by atoms with Crippen LogP contribution in [0.5, 0.6) is 0 Å². The second-order valence-electron chi connectivity index (χ2n) is 3.81. The van der Waals surface area contributed by atoms with E-state index >= 15 is 0 Å². The van der Waals surface area contributed by atoms with Crippen molar-refractivity contribution in [2.75, 3.05) is 11.4 Å². The van der Waals surface area contributed by atoms with Crippen LogP contribution in [0.25, 0.3) is 0 Å². The van der Waals surface area contributed by atoms with E-state index in [2.05, 4.69) is 0 Å². The van der Waals surface area contributed by atoms with Gasteiger partial charge in [0.15, 0.2) is 0 Å². The highest BCUT2D eigenvalue weighted by molar-refractivity contribution is 6.09. The molecule has 1 aromatic carbocycles. The monoisotopic (exact) mass is 242 g/mol. The Labute approximate surface area is 108 Å². The van der Waals surface area contributed by atoms with Crippen LogP contribution in [0.4, 0.5) is 5.69 Å². The summed E-state index contributed by atoms with van der Waals surface area (Å²) in [5.74, 6) is -0.197. The van der Waals surface area contributed by atoms with E-state index in [0.29, 0.717) is 6.54 Å². The molecule has 3 heteroatoms. The fourth-order valence-electron chi connectivity index (χ4n) is 1.74. The maximum Gasteiger partial charge on any atom is 0.268 e. The lowest BCUT2D eigenvalue weighted by atomic mass is 10.1. The highest BCUT2D eigenvalue weighted by atomic mass is 16.2. The molecule has 0 aliphatic carbocycles. The Balaban J connectivity index is 0.000000771. The van der Waals surface area contributed by atoms with Gasteiger partial charge < -0.3 is 4.90 Å². The Hall–Kier alpha value is -2.08. The van der Waals surface area contributed by atoms with Crippen molar-refractivity contribution in [3.05, 3.63) is 41.5 Å². The van der Waals surface area contributed by atoms with Gasteiger partial charge >= 0.3 is 0 Å². The van der Waals surface area contributed by atoms with Crippen LogP contribution in [0.3, 0.4) is 0 Å². The molecular weight excluding hydrogens is 224 g/mol. The number of carbonyl (C=O) groups excluding carboxylic acids is 1. The van der Waals surface area contributed by atoms with E-state index in [-0.39, 0.29) is 11.5 Å². The molecule has 0 saturated heterocycles. The molecule has 3 nitrogen and oxygen atoms in total. The molecule has 1 amide bonds. The first-order valence-corrected chi connectivity index (χ1v) is 6.21. The third-order valence-electron chi connectivity index (χ3n) is 2.64. The molecule has 1 aliphatic heterocycles. The summed E-state index contributed by atoms with van der Waals surface area (Å²) in [6.45, 7) is 6.65. The first-order chi connectivity index (χ1) is 8.72. The molecule has 0 saturated carbocycles. The van der Waals surface area contributed by atoms with Gasteiger partial charge in [-0.25, -0.2) is 0 Å². The molecule has 0 fully saturated rings. The molecule has 0 aromatic heterocycles. The summed E-state index contributed by atoms with van der Waals surface area (Å²) >= 11 is 0. The zero-order valence-electron chi connectivity index (χ0n) is 11.1. The largest absolute Gasteiger partial charge is 0.307 e. The third kappa shape index (κ3) is 2.98. The Bertz CT molecular complexity index is 480. The average Bonchev–Trinajstić information content (AvgIpc) is 2.42. The van der Waals surface area contributed by atoms with E-state index in [4.69, 9.17) is 5.26 Å². The fourth-order valence-corrected chi connectivity index (χ4v) is 1.74. The molecule has 0 N–H and O–H groups in total. The SMILES string of the molecule is CC.Cc1ccc(N2CCC=C(C#N)C2=O)cc1. The first-order valence-electron chi connectivity index (χ1n) is 6.21. The van der Waals surface area contributed by atoms with Gasteiger partial charge in [0.1, 0.15) is 11.6 Å². The quantitative estimate of drug-likeness (QED) is 0.759. The van der Waals surface area contributed by atoms with Gasteiger partial charge in [-0.2, -0.15) is 5.26 Å². The summed E-state index contributed by atoms with van der Waals surface area (Å²) in [6.07, 6.45) is 2.44. The van der Waals surface area contributed by atoms with Crippen molar-refractivity contribution >= 4 is 11.6 Å². The van der Waals surface area contributed by atoms with Crippen LogP contribution in [0.2, 0.25) is 0 Å². The molecule has 0 spiro atoms. The molecule has 94 valence electrons. The van der Waals surface area contributed by atoms with Crippen LogP contribution < -0.4 is 4.90 Å². The number of carbonyl (C=O) groups is 1. The normalized spacial score (nSPS) is 14.2. The van der Waals surface area contributed by atoms with E-state index in [0.717, 1.165) is 17.7 Å². The van der Waals surface area contributed by atoms with Gasteiger partial charge in [0, 0.05) is 12.2 Å². The number of rotatable bonds is 1. The van der Waals surface area contributed by atoms with E-state index in [1.54, 1.807) is 11.0 Å². The predicted octanol–water partition coefficient (Wildman–Crippen LogP) is 3.21. The first kappa shape index (κ1) is 14.0. The Morgan fingerprint density at radius 1 is 1.22 bits per heavy atom. The lowest BCUT2D eigenvalue weighted by Gasteiger charge is -2.25. The second kappa shape index (κ2) is 6.61. The topological polar surface area (TPSA) is 44.1 Å². The molecular formula is C15H18N2O. The minimum absolute atomic E-state index is 0.197. The molecule has 1 aromatic rings. The van der Waals surface area contributed by atoms with Crippen molar-refractivity contribution in [3.8, 4) is 6.07 Å². The van der Waals surface area contributed by atoms with E-state index in [1.165, 1.54) is 0 Å². The summed E-state index contributed by atoms with van der Waals surface area (Å²) in [4.78, 5) is 13.5. The molecule has 0 bridgehead atoms. The van der Waals surface area contributed by atoms with Crippen molar-refractivity contribution in [3.63, 3.8) is 0 Å². The number of anilines is 1. The molecule has 2 rings (SSSR count). The van der Waals surface area contributed by atoms with Gasteiger partial charge in [-0.1, -0.05) is 37.6 Å². The number of aryl methyl sites for hydroxylation is 1. The minimum atomic E-state index is -0.197. The summed E-state index contributed by atoms with van der Waals surface area (Å²) in [7, 11) is 0.